The zero-order chi connectivity index (χ0) is 11.1. The highest BCUT2D eigenvalue weighted by molar-refractivity contribution is 6.30. The van der Waals surface area contributed by atoms with Gasteiger partial charge in [-0.3, -0.25) is 0 Å². The average Bonchev–Trinajstić information content (AvgIpc) is 2.20. The van der Waals surface area contributed by atoms with Crippen molar-refractivity contribution in [3.8, 4) is 0 Å². The van der Waals surface area contributed by atoms with Gasteiger partial charge >= 0.3 is 0 Å². The molecule has 0 aromatic carbocycles. The maximum atomic E-state index is 11.7. The normalized spacial score (nSPS) is 10.7. The molecule has 0 fully saturated rings. The molecule has 0 atom stereocenters. The molecule has 3 nitrogen and oxygen atoms in total. The number of nitrogens with zero attached hydrogens (tertiary/aromatic N) is 1. The molecule has 0 saturated heterocycles. The Morgan fingerprint density at radius 3 is 2.87 bits per heavy atom. The lowest BCUT2D eigenvalue weighted by atomic mass is 10.4. The summed E-state index contributed by atoms with van der Waals surface area (Å²) in [5.74, 6) is 0.639. The van der Waals surface area contributed by atoms with Crippen LogP contribution in [-0.4, -0.2) is 31.2 Å². The quantitative estimate of drug-likeness (QED) is 0.771. The first-order valence-electron chi connectivity index (χ1n) is 4.40. The smallest absolute Gasteiger partial charge is 0.261 e. The Morgan fingerprint density at radius 1 is 1.47 bits per heavy atom. The maximum absolute atomic E-state index is 11.7. The first-order chi connectivity index (χ1) is 7.18. The average molecular weight is 237 g/mol. The molecule has 1 rings (SSSR count). The number of rotatable bonds is 6. The topological polar surface area (TPSA) is 34.1 Å². The van der Waals surface area contributed by atoms with Crippen molar-refractivity contribution in [1.82, 2.24) is 4.98 Å². The number of anilines is 1. The van der Waals surface area contributed by atoms with Crippen LogP contribution in [0.3, 0.4) is 0 Å². The number of pyridine rings is 1. The van der Waals surface area contributed by atoms with Gasteiger partial charge in [-0.15, -0.1) is 0 Å². The highest BCUT2D eigenvalue weighted by atomic mass is 35.5. The van der Waals surface area contributed by atoms with E-state index >= 15 is 0 Å². The van der Waals surface area contributed by atoms with Gasteiger partial charge in [-0.2, -0.15) is 0 Å². The number of nitrogens with one attached hydrogen (secondary N) is 1. The van der Waals surface area contributed by atoms with Gasteiger partial charge in [0.15, 0.2) is 0 Å². The molecule has 0 aliphatic carbocycles. The number of alkyl halides is 2. The molecule has 1 aromatic rings. The Hall–Kier alpha value is -0.940. The summed E-state index contributed by atoms with van der Waals surface area (Å²) in [5.41, 5.74) is 0. The first kappa shape index (κ1) is 12.1. The zero-order valence-corrected chi connectivity index (χ0v) is 8.68. The van der Waals surface area contributed by atoms with Crippen LogP contribution < -0.4 is 5.32 Å². The van der Waals surface area contributed by atoms with Crippen molar-refractivity contribution in [2.75, 3.05) is 25.1 Å². The lowest BCUT2D eigenvalue weighted by molar-refractivity contribution is 0.0215. The van der Waals surface area contributed by atoms with Gasteiger partial charge in [-0.05, 0) is 12.1 Å². The van der Waals surface area contributed by atoms with Gasteiger partial charge in [-0.25, -0.2) is 13.8 Å². The number of hydrogen-bond acceptors (Lipinski definition) is 3. The summed E-state index contributed by atoms with van der Waals surface area (Å²) < 4.78 is 28.0. The van der Waals surface area contributed by atoms with E-state index in [-0.39, 0.29) is 6.61 Å². The summed E-state index contributed by atoms with van der Waals surface area (Å²) >= 11 is 5.63. The molecule has 1 heterocycles. The molecule has 0 bridgehead atoms. The second-order valence-electron chi connectivity index (χ2n) is 2.75. The van der Waals surface area contributed by atoms with Crippen LogP contribution in [0.1, 0.15) is 0 Å². The number of hydrogen-bond donors (Lipinski definition) is 1. The third kappa shape index (κ3) is 5.49. The lowest BCUT2D eigenvalue weighted by Gasteiger charge is -2.06. The predicted octanol–water partition coefficient (Wildman–Crippen LogP) is 2.43. The zero-order valence-electron chi connectivity index (χ0n) is 7.92. The van der Waals surface area contributed by atoms with Crippen LogP contribution in [0.25, 0.3) is 0 Å². The van der Waals surface area contributed by atoms with Gasteiger partial charge in [-0.1, -0.05) is 11.6 Å². The summed E-state index contributed by atoms with van der Waals surface area (Å²) in [7, 11) is 0. The molecule has 15 heavy (non-hydrogen) atoms. The van der Waals surface area contributed by atoms with Crippen LogP contribution in [0, 0.1) is 0 Å². The van der Waals surface area contributed by atoms with Crippen molar-refractivity contribution in [2.24, 2.45) is 0 Å². The molecule has 0 radical (unpaired) electrons. The fraction of sp³-hybridized carbons (Fsp3) is 0.444. The standard InChI is InChI=1S/C9H11ClF2N2O/c10-7-1-2-9(14-5-7)13-3-4-15-6-8(11)12/h1-2,5,8H,3-4,6H2,(H,13,14). The first-order valence-corrected chi connectivity index (χ1v) is 4.77. The van der Waals surface area contributed by atoms with Crippen molar-refractivity contribution in [3.63, 3.8) is 0 Å². The van der Waals surface area contributed by atoms with Crippen LogP contribution in [0.15, 0.2) is 18.3 Å². The van der Waals surface area contributed by atoms with Crippen LogP contribution in [0.4, 0.5) is 14.6 Å². The Morgan fingerprint density at radius 2 is 2.27 bits per heavy atom. The molecule has 84 valence electrons. The number of aromatic nitrogens is 1. The predicted molar refractivity (Wildman–Crippen MR) is 54.6 cm³/mol. The lowest BCUT2D eigenvalue weighted by Crippen LogP contribution is -2.13. The summed E-state index contributed by atoms with van der Waals surface area (Å²) in [6, 6.07) is 3.40. The van der Waals surface area contributed by atoms with Crippen molar-refractivity contribution >= 4 is 17.4 Å². The van der Waals surface area contributed by atoms with E-state index in [1.54, 1.807) is 12.1 Å². The van der Waals surface area contributed by atoms with Crippen molar-refractivity contribution in [1.29, 1.82) is 0 Å². The molecule has 0 aliphatic heterocycles. The van der Waals surface area contributed by atoms with E-state index in [2.05, 4.69) is 15.0 Å². The molecule has 0 spiro atoms. The highest BCUT2D eigenvalue weighted by Gasteiger charge is 2.00. The van der Waals surface area contributed by atoms with Crippen molar-refractivity contribution < 1.29 is 13.5 Å². The SMILES string of the molecule is FC(F)COCCNc1ccc(Cl)cn1. The molecule has 1 N–H and O–H groups in total. The summed E-state index contributed by atoms with van der Waals surface area (Å²) in [4.78, 5) is 3.96. The maximum Gasteiger partial charge on any atom is 0.261 e. The van der Waals surface area contributed by atoms with E-state index in [1.165, 1.54) is 6.20 Å². The Kier molecular flexibility index (Phi) is 5.28. The van der Waals surface area contributed by atoms with Crippen molar-refractivity contribution in [3.05, 3.63) is 23.4 Å². The second-order valence-corrected chi connectivity index (χ2v) is 3.19. The van der Waals surface area contributed by atoms with E-state index in [0.29, 0.717) is 17.4 Å². The Balaban J connectivity index is 2.12. The fourth-order valence-electron chi connectivity index (χ4n) is 0.904. The van der Waals surface area contributed by atoms with Crippen molar-refractivity contribution in [2.45, 2.75) is 6.43 Å². The summed E-state index contributed by atoms with van der Waals surface area (Å²) in [6.07, 6.45) is -0.914. The van der Waals surface area contributed by atoms with Gasteiger partial charge in [0.25, 0.3) is 6.43 Å². The molecule has 0 amide bonds. The van der Waals surface area contributed by atoms with Crippen LogP contribution in [0.2, 0.25) is 5.02 Å². The third-order valence-electron chi connectivity index (χ3n) is 1.52. The minimum atomic E-state index is -2.42. The minimum Gasteiger partial charge on any atom is -0.374 e. The van der Waals surface area contributed by atoms with E-state index in [9.17, 15) is 8.78 Å². The molecular weight excluding hydrogens is 226 g/mol. The third-order valence-corrected chi connectivity index (χ3v) is 1.75. The van der Waals surface area contributed by atoms with Crippen LogP contribution in [-0.2, 0) is 4.74 Å². The van der Waals surface area contributed by atoms with Gasteiger partial charge in [0.1, 0.15) is 12.4 Å². The van der Waals surface area contributed by atoms with Gasteiger partial charge < -0.3 is 10.1 Å². The second kappa shape index (κ2) is 6.53. The Labute approximate surface area is 91.4 Å². The number of halogens is 3. The molecule has 0 unspecified atom stereocenters. The van der Waals surface area contributed by atoms with E-state index < -0.39 is 13.0 Å². The van der Waals surface area contributed by atoms with Crippen LogP contribution >= 0.6 is 11.6 Å². The monoisotopic (exact) mass is 236 g/mol. The molecule has 0 aliphatic rings. The van der Waals surface area contributed by atoms with E-state index in [4.69, 9.17) is 11.6 Å². The molecule has 1 aromatic heterocycles. The number of ether oxygens (including phenoxy) is 1. The van der Waals surface area contributed by atoms with Gasteiger partial charge in [0.05, 0.1) is 11.6 Å². The van der Waals surface area contributed by atoms with E-state index in [1.807, 2.05) is 0 Å². The van der Waals surface area contributed by atoms with Crippen LogP contribution in [0.5, 0.6) is 0 Å². The summed E-state index contributed by atoms with van der Waals surface area (Å²) in [6.45, 7) is 0.117. The molecule has 6 heteroatoms. The largest absolute Gasteiger partial charge is 0.374 e. The Bertz CT molecular complexity index is 282. The molecular formula is C9H11ClF2N2O. The van der Waals surface area contributed by atoms with Gasteiger partial charge in [0.2, 0.25) is 0 Å². The summed E-state index contributed by atoms with van der Waals surface area (Å²) in [5, 5.41) is 3.46. The van der Waals surface area contributed by atoms with E-state index in [0.717, 1.165) is 0 Å². The highest BCUT2D eigenvalue weighted by Crippen LogP contribution is 2.08. The molecule has 0 saturated carbocycles. The minimum absolute atomic E-state index is 0.217. The fourth-order valence-corrected chi connectivity index (χ4v) is 1.02. The van der Waals surface area contributed by atoms with Gasteiger partial charge in [0, 0.05) is 12.7 Å².